The Balaban J connectivity index is 1.68. The van der Waals surface area contributed by atoms with Crippen LogP contribution in [0.2, 0.25) is 0 Å². The molecule has 1 saturated carbocycles. The molecule has 1 heterocycles. The number of hydrogen-bond donors (Lipinski definition) is 2. The van der Waals surface area contributed by atoms with Crippen molar-refractivity contribution >= 4 is 23.4 Å². The van der Waals surface area contributed by atoms with Gasteiger partial charge in [0.25, 0.3) is 5.91 Å². The third kappa shape index (κ3) is 4.32. The van der Waals surface area contributed by atoms with Gasteiger partial charge in [0.1, 0.15) is 11.5 Å². The summed E-state index contributed by atoms with van der Waals surface area (Å²) in [5.74, 6) is -0.594. The number of carbonyl (C=O) groups excluding carboxylic acids is 3. The van der Waals surface area contributed by atoms with Gasteiger partial charge in [-0.15, -0.1) is 0 Å². The summed E-state index contributed by atoms with van der Waals surface area (Å²) in [5, 5.41) is 7.15. The van der Waals surface area contributed by atoms with E-state index in [2.05, 4.69) is 24.5 Å². The number of rotatable bonds is 7. The Morgan fingerprint density at radius 1 is 1.03 bits per heavy atom. The average molecular weight is 464 g/mol. The fourth-order valence-corrected chi connectivity index (χ4v) is 5.02. The Morgan fingerprint density at radius 2 is 1.68 bits per heavy atom. The number of nitrogens with zero attached hydrogens (tertiary/aromatic N) is 1. The third-order valence-corrected chi connectivity index (χ3v) is 6.92. The van der Waals surface area contributed by atoms with Crippen molar-refractivity contribution in [1.29, 1.82) is 0 Å². The van der Waals surface area contributed by atoms with E-state index in [-0.39, 0.29) is 5.91 Å². The van der Waals surface area contributed by atoms with E-state index in [1.807, 2.05) is 48.5 Å². The van der Waals surface area contributed by atoms with Crippen molar-refractivity contribution in [3.05, 3.63) is 54.1 Å². The Labute approximate surface area is 200 Å². The number of carbonyl (C=O) groups is 3. The first kappa shape index (κ1) is 24.0. The second kappa shape index (κ2) is 9.97. The lowest BCUT2D eigenvalue weighted by atomic mass is 9.83. The minimum absolute atomic E-state index is 0.246. The van der Waals surface area contributed by atoms with Crippen molar-refractivity contribution in [2.24, 2.45) is 11.3 Å². The molecule has 0 unspecified atom stereocenters. The molecule has 1 aliphatic heterocycles. The highest BCUT2D eigenvalue weighted by molar-refractivity contribution is 6.09. The van der Waals surface area contributed by atoms with Crippen LogP contribution in [0.5, 0.6) is 0 Å². The molecule has 1 fully saturated rings. The van der Waals surface area contributed by atoms with Gasteiger partial charge in [0.05, 0.1) is 12.8 Å². The summed E-state index contributed by atoms with van der Waals surface area (Å²) in [6.45, 7) is 4.72. The van der Waals surface area contributed by atoms with Gasteiger partial charge < -0.3 is 10.6 Å². The lowest BCUT2D eigenvalue weighted by Gasteiger charge is -2.30. The fourth-order valence-electron chi connectivity index (χ4n) is 5.02. The molecule has 1 atom stereocenters. The van der Waals surface area contributed by atoms with Crippen molar-refractivity contribution in [2.45, 2.75) is 52.0 Å². The largest absolute Gasteiger partial charge is 0.355 e. The van der Waals surface area contributed by atoms with Gasteiger partial charge in [0.2, 0.25) is 11.8 Å². The summed E-state index contributed by atoms with van der Waals surface area (Å²) in [7, 11) is 1.43. The van der Waals surface area contributed by atoms with Crippen LogP contribution < -0.4 is 15.7 Å². The predicted octanol–water partition coefficient (Wildman–Crippen LogP) is 4.14. The number of fused-ring (bicyclic) bond motifs is 3. The van der Waals surface area contributed by atoms with Crippen molar-refractivity contribution in [3.63, 3.8) is 0 Å². The lowest BCUT2D eigenvalue weighted by molar-refractivity contribution is -0.145. The first-order chi connectivity index (χ1) is 16.4. The smallest absolute Gasteiger partial charge is 0.278 e. The van der Waals surface area contributed by atoms with Gasteiger partial charge in [0, 0.05) is 12.1 Å². The summed E-state index contributed by atoms with van der Waals surface area (Å²) in [6, 6.07) is 14.1. The van der Waals surface area contributed by atoms with E-state index in [1.54, 1.807) is 0 Å². The average Bonchev–Trinajstić information content (AvgIpc) is 3.31. The summed E-state index contributed by atoms with van der Waals surface area (Å²) >= 11 is 0. The maximum atomic E-state index is 13.7. The van der Waals surface area contributed by atoms with Crippen LogP contribution in [0.4, 0.5) is 5.69 Å². The first-order valence-electron chi connectivity index (χ1n) is 12.0. The van der Waals surface area contributed by atoms with Gasteiger partial charge in [-0.25, -0.2) is 0 Å². The van der Waals surface area contributed by atoms with Crippen LogP contribution in [-0.2, 0) is 19.2 Å². The SMILES string of the molecule is CON1C(=O)[C@@H](NC(=O)C2(C(=O)NCCC(C)C)CCCC2)c2ccccc2-c2ccccc21. The van der Waals surface area contributed by atoms with E-state index in [0.717, 1.165) is 30.4 Å². The zero-order valence-corrected chi connectivity index (χ0v) is 20.1. The monoisotopic (exact) mass is 463 g/mol. The molecule has 0 saturated heterocycles. The quantitative estimate of drug-likeness (QED) is 0.604. The minimum atomic E-state index is -1.16. The van der Waals surface area contributed by atoms with Crippen molar-refractivity contribution < 1.29 is 19.2 Å². The zero-order chi connectivity index (χ0) is 24.3. The molecule has 7 nitrogen and oxygen atoms in total. The van der Waals surface area contributed by atoms with E-state index in [4.69, 9.17) is 4.84 Å². The van der Waals surface area contributed by atoms with Gasteiger partial charge in [0.15, 0.2) is 0 Å². The molecular formula is C27H33N3O4. The predicted molar refractivity (Wildman–Crippen MR) is 131 cm³/mol. The highest BCUT2D eigenvalue weighted by Gasteiger charge is 2.49. The molecule has 2 aliphatic rings. The maximum Gasteiger partial charge on any atom is 0.278 e. The van der Waals surface area contributed by atoms with Crippen molar-refractivity contribution in [1.82, 2.24) is 10.6 Å². The van der Waals surface area contributed by atoms with Gasteiger partial charge >= 0.3 is 0 Å². The third-order valence-electron chi connectivity index (χ3n) is 6.92. The molecular weight excluding hydrogens is 430 g/mol. The number of nitrogens with one attached hydrogen (secondary N) is 2. The normalized spacial score (nSPS) is 18.8. The topological polar surface area (TPSA) is 87.7 Å². The fraction of sp³-hybridized carbons (Fsp3) is 0.444. The van der Waals surface area contributed by atoms with E-state index in [1.165, 1.54) is 12.2 Å². The van der Waals surface area contributed by atoms with Crippen LogP contribution >= 0.6 is 0 Å². The zero-order valence-electron chi connectivity index (χ0n) is 20.1. The molecule has 2 aromatic rings. The molecule has 0 bridgehead atoms. The van der Waals surface area contributed by atoms with Crippen molar-refractivity contribution in [2.75, 3.05) is 18.7 Å². The van der Waals surface area contributed by atoms with E-state index in [0.29, 0.717) is 36.6 Å². The van der Waals surface area contributed by atoms with Gasteiger partial charge in [-0.05, 0) is 42.4 Å². The number of hydroxylamine groups is 1. The molecule has 7 heteroatoms. The van der Waals surface area contributed by atoms with Crippen LogP contribution in [0.3, 0.4) is 0 Å². The molecule has 2 N–H and O–H groups in total. The van der Waals surface area contributed by atoms with Crippen LogP contribution in [0.1, 0.15) is 57.6 Å². The molecule has 180 valence electrons. The van der Waals surface area contributed by atoms with Gasteiger partial charge in [-0.2, -0.15) is 5.06 Å². The first-order valence-corrected chi connectivity index (χ1v) is 12.0. The van der Waals surface area contributed by atoms with Crippen LogP contribution in [0.15, 0.2) is 48.5 Å². The summed E-state index contributed by atoms with van der Waals surface area (Å²) < 4.78 is 0. The summed E-state index contributed by atoms with van der Waals surface area (Å²) in [4.78, 5) is 46.1. The van der Waals surface area contributed by atoms with E-state index < -0.39 is 23.3 Å². The van der Waals surface area contributed by atoms with E-state index in [9.17, 15) is 14.4 Å². The Bertz CT molecular complexity index is 1080. The van der Waals surface area contributed by atoms with E-state index >= 15 is 0 Å². The second-order valence-corrected chi connectivity index (χ2v) is 9.55. The van der Waals surface area contributed by atoms with Gasteiger partial charge in [-0.1, -0.05) is 69.2 Å². The Morgan fingerprint density at radius 3 is 2.35 bits per heavy atom. The Hall–Kier alpha value is -3.19. The highest BCUT2D eigenvalue weighted by atomic mass is 16.7. The molecule has 0 aromatic heterocycles. The summed E-state index contributed by atoms with van der Waals surface area (Å²) in [5.41, 5.74) is 1.82. The van der Waals surface area contributed by atoms with Crippen LogP contribution in [-0.4, -0.2) is 31.4 Å². The number of amides is 3. The molecule has 4 rings (SSSR count). The Kier molecular flexibility index (Phi) is 7.03. The standard InChI is InChI=1S/C27H33N3O4/c1-18(2)14-17-28-25(32)27(15-8-9-16-27)26(33)29-23-21-12-5-4-10-19(21)20-11-6-7-13-22(20)30(34-3)24(23)31/h4-7,10-13,18,23H,8-9,14-17H2,1-3H3,(H,28,32)(H,29,33)/t23-/m0/s1. The number of benzene rings is 2. The molecule has 1 aliphatic carbocycles. The minimum Gasteiger partial charge on any atom is -0.355 e. The molecule has 34 heavy (non-hydrogen) atoms. The lowest BCUT2D eigenvalue weighted by Crippen LogP contribution is -2.53. The van der Waals surface area contributed by atoms with Crippen LogP contribution in [0, 0.1) is 11.3 Å². The summed E-state index contributed by atoms with van der Waals surface area (Å²) in [6.07, 6.45) is 3.40. The number of anilines is 1. The number of hydrogen-bond acceptors (Lipinski definition) is 4. The van der Waals surface area contributed by atoms with Crippen LogP contribution in [0.25, 0.3) is 11.1 Å². The van der Waals surface area contributed by atoms with Gasteiger partial charge in [-0.3, -0.25) is 19.2 Å². The molecule has 2 aromatic carbocycles. The molecule has 0 spiro atoms. The van der Waals surface area contributed by atoms with Crippen molar-refractivity contribution in [3.8, 4) is 11.1 Å². The number of para-hydroxylation sites is 1. The molecule has 0 radical (unpaired) electrons. The maximum absolute atomic E-state index is 13.7. The molecule has 3 amide bonds. The highest BCUT2D eigenvalue weighted by Crippen LogP contribution is 2.42. The second-order valence-electron chi connectivity index (χ2n) is 9.55.